The van der Waals surface area contributed by atoms with Crippen LogP contribution in [0.3, 0.4) is 0 Å². The summed E-state index contributed by atoms with van der Waals surface area (Å²) in [5.74, 6) is 0.327. The molecule has 0 fully saturated rings. The molecular weight excluding hydrogens is 280 g/mol. The molecule has 2 aromatic heterocycles. The molecule has 22 heavy (non-hydrogen) atoms. The predicted molar refractivity (Wildman–Crippen MR) is 82.6 cm³/mol. The highest BCUT2D eigenvalue weighted by atomic mass is 16.4. The molecule has 0 radical (unpaired) electrons. The monoisotopic (exact) mass is 294 g/mol. The number of anilines is 1. The van der Waals surface area contributed by atoms with Gasteiger partial charge in [0.05, 0.1) is 5.69 Å². The Morgan fingerprint density at radius 3 is 2.55 bits per heavy atom. The zero-order valence-electron chi connectivity index (χ0n) is 12.2. The van der Waals surface area contributed by atoms with E-state index in [1.807, 2.05) is 43.3 Å². The van der Waals surface area contributed by atoms with E-state index in [4.69, 9.17) is 15.4 Å². The Balaban J connectivity index is 2.27. The Bertz CT molecular complexity index is 939. The van der Waals surface area contributed by atoms with E-state index in [0.29, 0.717) is 11.3 Å². The third-order valence-electron chi connectivity index (χ3n) is 3.68. The van der Waals surface area contributed by atoms with Gasteiger partial charge in [-0.25, -0.2) is 4.68 Å². The van der Waals surface area contributed by atoms with Crippen LogP contribution >= 0.6 is 0 Å². The molecule has 0 saturated heterocycles. The molecule has 2 N–H and O–H groups in total. The largest absolute Gasteiger partial charge is 0.439 e. The average molecular weight is 294 g/mol. The maximum absolute atomic E-state index is 12.8. The quantitative estimate of drug-likeness (QED) is 0.784. The lowest BCUT2D eigenvalue weighted by molar-refractivity contribution is 0.601. The fourth-order valence-electron chi connectivity index (χ4n) is 2.47. The Morgan fingerprint density at radius 1 is 1.27 bits per heavy atom. The lowest BCUT2D eigenvalue weighted by atomic mass is 10.2. The van der Waals surface area contributed by atoms with Gasteiger partial charge in [0, 0.05) is 18.8 Å². The standard InChI is InChI=1S/C16H14N4O2/c1-10-14(13-8-11(9-17)15(18)22-13)16(21)20(19(10)2)12-6-4-3-5-7-12/h3-8H,18H2,1-2H3. The highest BCUT2D eigenvalue weighted by Gasteiger charge is 2.21. The van der Waals surface area contributed by atoms with Crippen molar-refractivity contribution in [2.75, 3.05) is 5.73 Å². The van der Waals surface area contributed by atoms with E-state index in [9.17, 15) is 4.79 Å². The number of rotatable bonds is 2. The summed E-state index contributed by atoms with van der Waals surface area (Å²) >= 11 is 0. The van der Waals surface area contributed by atoms with Crippen molar-refractivity contribution in [3.8, 4) is 23.1 Å². The molecule has 3 rings (SSSR count). The van der Waals surface area contributed by atoms with Gasteiger partial charge < -0.3 is 10.2 Å². The van der Waals surface area contributed by atoms with Crippen LogP contribution in [0.25, 0.3) is 17.0 Å². The molecule has 0 spiro atoms. The molecule has 0 saturated carbocycles. The maximum atomic E-state index is 12.8. The van der Waals surface area contributed by atoms with E-state index in [1.54, 1.807) is 16.4 Å². The zero-order chi connectivity index (χ0) is 15.9. The van der Waals surface area contributed by atoms with Crippen molar-refractivity contribution < 1.29 is 4.42 Å². The first kappa shape index (κ1) is 13.8. The van der Waals surface area contributed by atoms with Crippen LogP contribution in [-0.2, 0) is 7.05 Å². The molecule has 3 aromatic rings. The van der Waals surface area contributed by atoms with Gasteiger partial charge >= 0.3 is 0 Å². The normalized spacial score (nSPS) is 10.6. The van der Waals surface area contributed by atoms with Gasteiger partial charge in [-0.3, -0.25) is 9.48 Å². The molecule has 6 nitrogen and oxygen atoms in total. The molecule has 0 unspecified atom stereocenters. The Labute approximate surface area is 126 Å². The van der Waals surface area contributed by atoms with Gasteiger partial charge in [0.15, 0.2) is 0 Å². The van der Waals surface area contributed by atoms with E-state index >= 15 is 0 Å². The van der Waals surface area contributed by atoms with Gasteiger partial charge in [0.2, 0.25) is 5.88 Å². The number of hydrogen-bond donors (Lipinski definition) is 1. The SMILES string of the molecule is Cc1c(-c2cc(C#N)c(N)o2)c(=O)n(-c2ccccc2)n1C. The van der Waals surface area contributed by atoms with Crippen molar-refractivity contribution in [2.45, 2.75) is 6.92 Å². The second kappa shape index (κ2) is 4.97. The molecule has 0 atom stereocenters. The first-order valence-corrected chi connectivity index (χ1v) is 6.68. The van der Waals surface area contributed by atoms with Crippen LogP contribution in [0, 0.1) is 18.3 Å². The van der Waals surface area contributed by atoms with E-state index in [-0.39, 0.29) is 17.0 Å². The summed E-state index contributed by atoms with van der Waals surface area (Å²) in [6.45, 7) is 1.82. The summed E-state index contributed by atoms with van der Waals surface area (Å²) < 4.78 is 8.68. The van der Waals surface area contributed by atoms with Crippen molar-refractivity contribution in [1.29, 1.82) is 5.26 Å². The molecule has 0 aliphatic heterocycles. The van der Waals surface area contributed by atoms with E-state index in [2.05, 4.69) is 0 Å². The average Bonchev–Trinajstić information content (AvgIpc) is 2.98. The number of furan rings is 1. The van der Waals surface area contributed by atoms with Crippen LogP contribution < -0.4 is 11.3 Å². The van der Waals surface area contributed by atoms with Crippen molar-refractivity contribution in [2.24, 2.45) is 7.05 Å². The third-order valence-corrected chi connectivity index (χ3v) is 3.68. The number of nitrogens with two attached hydrogens (primary N) is 1. The van der Waals surface area contributed by atoms with Gasteiger partial charge in [-0.05, 0) is 19.1 Å². The molecule has 0 amide bonds. The zero-order valence-corrected chi connectivity index (χ0v) is 12.2. The molecule has 0 aliphatic carbocycles. The summed E-state index contributed by atoms with van der Waals surface area (Å²) in [4.78, 5) is 12.8. The van der Waals surface area contributed by atoms with Crippen LogP contribution in [0.1, 0.15) is 11.3 Å². The van der Waals surface area contributed by atoms with Crippen LogP contribution in [-0.4, -0.2) is 9.36 Å². The van der Waals surface area contributed by atoms with Gasteiger partial charge in [-0.1, -0.05) is 18.2 Å². The summed E-state index contributed by atoms with van der Waals surface area (Å²) in [7, 11) is 1.80. The molecule has 2 heterocycles. The topological polar surface area (TPSA) is 89.9 Å². The van der Waals surface area contributed by atoms with Crippen LogP contribution in [0.15, 0.2) is 45.6 Å². The number of nitrogen functional groups attached to an aromatic ring is 1. The van der Waals surface area contributed by atoms with Crippen LogP contribution in [0.5, 0.6) is 0 Å². The lowest BCUT2D eigenvalue weighted by Gasteiger charge is -2.07. The van der Waals surface area contributed by atoms with Crippen LogP contribution in [0.4, 0.5) is 5.88 Å². The van der Waals surface area contributed by atoms with Crippen molar-refractivity contribution in [1.82, 2.24) is 9.36 Å². The molecule has 110 valence electrons. The highest BCUT2D eigenvalue weighted by Crippen LogP contribution is 2.27. The number of aromatic nitrogens is 2. The number of para-hydroxylation sites is 1. The maximum Gasteiger partial charge on any atom is 0.282 e. The van der Waals surface area contributed by atoms with E-state index < -0.39 is 0 Å². The molecule has 1 aromatic carbocycles. The smallest absolute Gasteiger partial charge is 0.282 e. The molecule has 0 bridgehead atoms. The summed E-state index contributed by atoms with van der Waals surface area (Å²) in [5.41, 5.74) is 7.53. The van der Waals surface area contributed by atoms with Crippen molar-refractivity contribution in [3.05, 3.63) is 58.0 Å². The Morgan fingerprint density at radius 2 is 1.95 bits per heavy atom. The first-order valence-electron chi connectivity index (χ1n) is 6.68. The number of hydrogen-bond acceptors (Lipinski definition) is 4. The van der Waals surface area contributed by atoms with Crippen molar-refractivity contribution in [3.63, 3.8) is 0 Å². The number of benzene rings is 1. The van der Waals surface area contributed by atoms with E-state index in [1.165, 1.54) is 6.07 Å². The molecule has 0 aliphatic rings. The Kier molecular flexibility index (Phi) is 3.11. The Hall–Kier alpha value is -3.20. The predicted octanol–water partition coefficient (Wildman–Crippen LogP) is 2.20. The summed E-state index contributed by atoms with van der Waals surface area (Å²) in [5, 5.41) is 8.98. The second-order valence-corrected chi connectivity index (χ2v) is 4.94. The third kappa shape index (κ3) is 1.91. The summed E-state index contributed by atoms with van der Waals surface area (Å²) in [6.07, 6.45) is 0. The summed E-state index contributed by atoms with van der Waals surface area (Å²) in [6, 6.07) is 12.7. The minimum Gasteiger partial charge on any atom is -0.439 e. The van der Waals surface area contributed by atoms with E-state index in [0.717, 1.165) is 11.4 Å². The fraction of sp³-hybridized carbons (Fsp3) is 0.125. The minimum absolute atomic E-state index is 0.0198. The van der Waals surface area contributed by atoms with Crippen molar-refractivity contribution >= 4 is 5.88 Å². The second-order valence-electron chi connectivity index (χ2n) is 4.94. The number of nitrogens with zero attached hydrogens (tertiary/aromatic N) is 3. The van der Waals surface area contributed by atoms with Gasteiger partial charge in [0.1, 0.15) is 23.0 Å². The fourth-order valence-corrected chi connectivity index (χ4v) is 2.47. The van der Waals surface area contributed by atoms with Crippen LogP contribution in [0.2, 0.25) is 0 Å². The first-order chi connectivity index (χ1) is 10.5. The minimum atomic E-state index is -0.218. The number of nitriles is 1. The van der Waals surface area contributed by atoms with Gasteiger partial charge in [-0.2, -0.15) is 5.26 Å². The molecule has 6 heteroatoms. The van der Waals surface area contributed by atoms with Gasteiger partial charge in [0.25, 0.3) is 5.56 Å². The molecular formula is C16H14N4O2. The van der Waals surface area contributed by atoms with Gasteiger partial charge in [-0.15, -0.1) is 0 Å². The highest BCUT2D eigenvalue weighted by molar-refractivity contribution is 5.66. The lowest BCUT2D eigenvalue weighted by Crippen LogP contribution is -2.19.